The monoisotopic (exact) mass is 394 g/mol. The first-order valence-corrected chi connectivity index (χ1v) is 8.77. The van der Waals surface area contributed by atoms with Gasteiger partial charge in [-0.1, -0.05) is 52.7 Å². The van der Waals surface area contributed by atoms with Crippen molar-refractivity contribution in [1.82, 2.24) is 0 Å². The van der Waals surface area contributed by atoms with Crippen molar-refractivity contribution in [3.63, 3.8) is 0 Å². The van der Waals surface area contributed by atoms with E-state index >= 15 is 0 Å². The second-order valence-electron chi connectivity index (χ2n) is 7.20. The summed E-state index contributed by atoms with van der Waals surface area (Å²) < 4.78 is 0. The molecule has 0 bridgehead atoms. The van der Waals surface area contributed by atoms with Crippen molar-refractivity contribution in [3.8, 4) is 0 Å². The second-order valence-corrected chi connectivity index (χ2v) is 7.20. The molecule has 0 saturated carbocycles. The summed E-state index contributed by atoms with van der Waals surface area (Å²) >= 11 is 0. The van der Waals surface area contributed by atoms with Gasteiger partial charge >= 0.3 is 26.2 Å². The normalized spacial score (nSPS) is 12.6. The predicted octanol–water partition coefficient (Wildman–Crippen LogP) is 6.30. The fourth-order valence-corrected chi connectivity index (χ4v) is 3.83. The van der Waals surface area contributed by atoms with Crippen molar-refractivity contribution in [1.29, 1.82) is 0 Å². The topological polar surface area (TPSA) is 0 Å². The molecule has 1 heteroatoms. The van der Waals surface area contributed by atoms with Gasteiger partial charge in [0, 0.05) is 0 Å². The molecule has 0 aromatic heterocycles. The van der Waals surface area contributed by atoms with Gasteiger partial charge in [0.2, 0.25) is 0 Å². The quantitative estimate of drug-likeness (QED) is 0.392. The number of benzene rings is 1. The zero-order chi connectivity index (χ0) is 16.7. The van der Waals surface area contributed by atoms with Crippen LogP contribution in [0, 0.1) is 41.5 Å². The van der Waals surface area contributed by atoms with Crippen LogP contribution in [0.2, 0.25) is 0 Å². The Morgan fingerprint density at radius 2 is 1.38 bits per heavy atom. The molecule has 0 heterocycles. The molecular weight excluding hydrogens is 367 g/mol. The minimum absolute atomic E-state index is 0. The molecule has 0 atom stereocenters. The first-order chi connectivity index (χ1) is 10.9. The van der Waals surface area contributed by atoms with Crippen molar-refractivity contribution in [2.75, 3.05) is 0 Å². The molecule has 1 aliphatic rings. The summed E-state index contributed by atoms with van der Waals surface area (Å²) in [5.41, 5.74) is 11.9. The summed E-state index contributed by atoms with van der Waals surface area (Å²) in [5.74, 6) is 0. The van der Waals surface area contributed by atoms with E-state index in [2.05, 4.69) is 65.8 Å². The van der Waals surface area contributed by atoms with E-state index in [1.807, 2.05) is 0 Å². The predicted molar refractivity (Wildman–Crippen MR) is 102 cm³/mol. The Kier molecular flexibility index (Phi) is 6.08. The van der Waals surface area contributed by atoms with Crippen LogP contribution in [-0.4, -0.2) is 0 Å². The molecule has 3 aromatic rings. The van der Waals surface area contributed by atoms with Crippen LogP contribution in [0.4, 0.5) is 0 Å². The maximum absolute atomic E-state index is 2.40. The number of fused-ring (bicyclic) bond motifs is 2. The molecule has 0 spiro atoms. The molecule has 1 aliphatic carbocycles. The second kappa shape index (κ2) is 7.53. The summed E-state index contributed by atoms with van der Waals surface area (Å²) in [7, 11) is 0. The van der Waals surface area contributed by atoms with Crippen molar-refractivity contribution in [2.45, 2.75) is 60.8 Å². The van der Waals surface area contributed by atoms with Gasteiger partial charge in [-0.3, -0.25) is 0 Å². The molecule has 3 aromatic carbocycles. The summed E-state index contributed by atoms with van der Waals surface area (Å²) in [5, 5.41) is 2.89. The largest absolute Gasteiger partial charge is 2.00 e. The molecule has 0 nitrogen and oxygen atoms in total. The Morgan fingerprint density at radius 3 is 1.88 bits per heavy atom. The zero-order valence-corrected chi connectivity index (χ0v) is 18.4. The summed E-state index contributed by atoms with van der Waals surface area (Å²) in [6, 6.07) is 9.24. The zero-order valence-electron chi connectivity index (χ0n) is 15.9. The first kappa shape index (κ1) is 19.4. The van der Waals surface area contributed by atoms with E-state index in [-0.39, 0.29) is 26.2 Å². The Labute approximate surface area is 166 Å². The van der Waals surface area contributed by atoms with Crippen LogP contribution in [-0.2, 0) is 39.0 Å². The van der Waals surface area contributed by atoms with Gasteiger partial charge in [0.1, 0.15) is 0 Å². The smallest absolute Gasteiger partial charge is 0.196 e. The van der Waals surface area contributed by atoms with Gasteiger partial charge in [0.25, 0.3) is 0 Å². The Morgan fingerprint density at radius 1 is 0.833 bits per heavy atom. The molecular formula is C23H28Zr. The minimum atomic E-state index is 0. The maximum atomic E-state index is 2.40. The van der Waals surface area contributed by atoms with E-state index in [4.69, 9.17) is 0 Å². The van der Waals surface area contributed by atoms with Gasteiger partial charge in [-0.2, -0.15) is 39.9 Å². The molecule has 24 heavy (non-hydrogen) atoms. The third-order valence-electron chi connectivity index (χ3n) is 6.01. The van der Waals surface area contributed by atoms with Crippen LogP contribution in [0.5, 0.6) is 0 Å². The molecule has 0 saturated heterocycles. The van der Waals surface area contributed by atoms with Crippen LogP contribution < -0.4 is 0 Å². The standard InChI is InChI=1S/C13H13.C10H15.Zr/c1-9-5-6-12-7-10-3-2-4-11(10)8-13(9)12;1-6-7(2)9(4)10(5)8(6)3;/h5-8H,2-4H2,1H3;1-5H3;/q2*-1;+2. The molecule has 0 aliphatic heterocycles. The molecule has 0 N–H and O–H groups in total. The van der Waals surface area contributed by atoms with Gasteiger partial charge < -0.3 is 0 Å². The third kappa shape index (κ3) is 3.38. The molecule has 0 fully saturated rings. The van der Waals surface area contributed by atoms with E-state index in [9.17, 15) is 0 Å². The van der Waals surface area contributed by atoms with Gasteiger partial charge in [0.15, 0.2) is 0 Å². The maximum Gasteiger partial charge on any atom is 2.00 e. The Balaban J connectivity index is 0.000000173. The average molecular weight is 396 g/mol. The number of hydrogen-bond donors (Lipinski definition) is 0. The third-order valence-corrected chi connectivity index (χ3v) is 6.01. The number of hydrogen-bond acceptors (Lipinski definition) is 0. The van der Waals surface area contributed by atoms with E-state index in [1.165, 1.54) is 63.4 Å². The molecule has 0 radical (unpaired) electrons. The van der Waals surface area contributed by atoms with Gasteiger partial charge in [-0.25, -0.2) is 0 Å². The number of aryl methyl sites for hydroxylation is 3. The van der Waals surface area contributed by atoms with E-state index in [1.54, 1.807) is 11.1 Å². The molecule has 0 unspecified atom stereocenters. The van der Waals surface area contributed by atoms with E-state index < -0.39 is 0 Å². The minimum Gasteiger partial charge on any atom is -0.196 e. The molecule has 4 rings (SSSR count). The molecule has 124 valence electrons. The fraction of sp³-hybridized carbons (Fsp3) is 0.391. The van der Waals surface area contributed by atoms with Crippen LogP contribution in [0.3, 0.4) is 0 Å². The van der Waals surface area contributed by atoms with Gasteiger partial charge in [-0.15, -0.1) is 28.5 Å². The first-order valence-electron chi connectivity index (χ1n) is 8.77. The fourth-order valence-electron chi connectivity index (χ4n) is 3.83. The van der Waals surface area contributed by atoms with Crippen LogP contribution in [0.1, 0.15) is 50.9 Å². The molecule has 0 amide bonds. The van der Waals surface area contributed by atoms with Crippen molar-refractivity contribution >= 4 is 10.8 Å². The average Bonchev–Trinajstić information content (AvgIpc) is 3.20. The summed E-state index contributed by atoms with van der Waals surface area (Å²) in [6.45, 7) is 13.2. The summed E-state index contributed by atoms with van der Waals surface area (Å²) in [6.07, 6.45) is 3.92. The van der Waals surface area contributed by atoms with E-state index in [0.717, 1.165) is 0 Å². The number of rotatable bonds is 0. The van der Waals surface area contributed by atoms with E-state index in [0.29, 0.717) is 0 Å². The van der Waals surface area contributed by atoms with Crippen molar-refractivity contribution < 1.29 is 26.2 Å². The Bertz CT molecular complexity index is 778. The Hall–Kier alpha value is -0.937. The van der Waals surface area contributed by atoms with Crippen LogP contribution in [0.15, 0.2) is 24.3 Å². The van der Waals surface area contributed by atoms with Crippen LogP contribution >= 0.6 is 0 Å². The summed E-state index contributed by atoms with van der Waals surface area (Å²) in [4.78, 5) is 0. The van der Waals surface area contributed by atoms with Crippen molar-refractivity contribution in [3.05, 3.63) is 68.8 Å². The van der Waals surface area contributed by atoms with Crippen LogP contribution in [0.25, 0.3) is 10.8 Å². The van der Waals surface area contributed by atoms with Gasteiger partial charge in [-0.05, 0) is 19.3 Å². The van der Waals surface area contributed by atoms with Crippen molar-refractivity contribution in [2.24, 2.45) is 0 Å². The SMILES string of the molecule is C[c-]1ccc2cc3c(cc21)CCC3.Cc1c(C)c(C)[c-](C)c1C.[Zr+2]. The van der Waals surface area contributed by atoms with Gasteiger partial charge in [0.05, 0.1) is 0 Å².